The fourth-order valence-corrected chi connectivity index (χ4v) is 1.38. The highest BCUT2D eigenvalue weighted by Gasteiger charge is 2.01. The van der Waals surface area contributed by atoms with E-state index in [2.05, 4.69) is 14.6 Å². The minimum atomic E-state index is 0.508. The summed E-state index contributed by atoms with van der Waals surface area (Å²) in [5.41, 5.74) is 6.35. The monoisotopic (exact) mass is 166 g/mol. The SMILES string of the molecule is Nc1cc(-c2ccns2)[nH]n1. The molecule has 5 heteroatoms. The molecule has 0 aliphatic rings. The molecule has 0 saturated heterocycles. The van der Waals surface area contributed by atoms with Gasteiger partial charge >= 0.3 is 0 Å². The molecule has 2 aromatic heterocycles. The summed E-state index contributed by atoms with van der Waals surface area (Å²) in [6, 6.07) is 3.70. The molecular formula is C6H6N4S. The van der Waals surface area contributed by atoms with Gasteiger partial charge in [0.25, 0.3) is 0 Å². The van der Waals surface area contributed by atoms with Crippen LogP contribution in [0.15, 0.2) is 18.3 Å². The van der Waals surface area contributed by atoms with Crippen LogP contribution >= 0.6 is 11.5 Å². The second kappa shape index (κ2) is 2.35. The lowest BCUT2D eigenvalue weighted by atomic mass is 10.3. The van der Waals surface area contributed by atoms with E-state index in [0.29, 0.717) is 5.82 Å². The summed E-state index contributed by atoms with van der Waals surface area (Å²) in [6.45, 7) is 0. The zero-order chi connectivity index (χ0) is 7.68. The Morgan fingerprint density at radius 1 is 1.55 bits per heavy atom. The first-order valence-electron chi connectivity index (χ1n) is 3.08. The second-order valence-corrected chi connectivity index (χ2v) is 2.92. The maximum atomic E-state index is 5.43. The third-order valence-corrected chi connectivity index (χ3v) is 2.08. The van der Waals surface area contributed by atoms with Gasteiger partial charge in [0.2, 0.25) is 0 Å². The molecule has 2 heterocycles. The molecule has 3 N–H and O–H groups in total. The lowest BCUT2D eigenvalue weighted by Gasteiger charge is -1.83. The third-order valence-electron chi connectivity index (χ3n) is 1.30. The molecular weight excluding hydrogens is 160 g/mol. The molecule has 0 amide bonds. The van der Waals surface area contributed by atoms with Gasteiger partial charge in [0.15, 0.2) is 0 Å². The van der Waals surface area contributed by atoms with Crippen LogP contribution in [0.25, 0.3) is 10.6 Å². The van der Waals surface area contributed by atoms with Gasteiger partial charge in [-0.15, -0.1) is 0 Å². The number of aromatic nitrogens is 3. The second-order valence-electron chi connectivity index (χ2n) is 2.08. The molecule has 0 spiro atoms. The fraction of sp³-hybridized carbons (Fsp3) is 0. The lowest BCUT2D eigenvalue weighted by Crippen LogP contribution is -1.81. The van der Waals surface area contributed by atoms with Gasteiger partial charge in [-0.2, -0.15) is 5.10 Å². The van der Waals surface area contributed by atoms with Crippen LogP contribution in [0.1, 0.15) is 0 Å². The van der Waals surface area contributed by atoms with E-state index in [4.69, 9.17) is 5.73 Å². The van der Waals surface area contributed by atoms with Gasteiger partial charge in [-0.1, -0.05) is 0 Å². The first kappa shape index (κ1) is 6.36. The maximum Gasteiger partial charge on any atom is 0.145 e. The highest BCUT2D eigenvalue weighted by atomic mass is 32.1. The topological polar surface area (TPSA) is 67.6 Å². The van der Waals surface area contributed by atoms with Crippen LogP contribution in [-0.2, 0) is 0 Å². The molecule has 0 unspecified atom stereocenters. The molecule has 2 aromatic rings. The summed E-state index contributed by atoms with van der Waals surface area (Å²) < 4.78 is 3.96. The molecule has 0 atom stereocenters. The molecule has 0 aromatic carbocycles. The molecule has 0 aliphatic heterocycles. The summed E-state index contributed by atoms with van der Waals surface area (Å²) in [7, 11) is 0. The maximum absolute atomic E-state index is 5.43. The molecule has 0 radical (unpaired) electrons. The summed E-state index contributed by atoms with van der Waals surface area (Å²) in [6.07, 6.45) is 1.75. The van der Waals surface area contributed by atoms with E-state index in [9.17, 15) is 0 Å². The molecule has 0 aliphatic carbocycles. The molecule has 0 fully saturated rings. The molecule has 2 rings (SSSR count). The van der Waals surface area contributed by atoms with E-state index in [0.717, 1.165) is 10.6 Å². The highest BCUT2D eigenvalue weighted by Crippen LogP contribution is 2.21. The van der Waals surface area contributed by atoms with Crippen LogP contribution < -0.4 is 5.73 Å². The minimum Gasteiger partial charge on any atom is -0.382 e. The van der Waals surface area contributed by atoms with E-state index in [-0.39, 0.29) is 0 Å². The van der Waals surface area contributed by atoms with E-state index in [1.807, 2.05) is 6.07 Å². The van der Waals surface area contributed by atoms with Crippen LogP contribution in [0.5, 0.6) is 0 Å². The van der Waals surface area contributed by atoms with Gasteiger partial charge in [0.1, 0.15) is 5.82 Å². The number of nitrogens with zero attached hydrogens (tertiary/aromatic N) is 2. The number of hydrogen-bond donors (Lipinski definition) is 2. The standard InChI is InChI=1S/C6H6N4S/c7-6-3-4(9-10-6)5-1-2-8-11-5/h1-3H,(H3,7,9,10). The molecule has 4 nitrogen and oxygen atoms in total. The van der Waals surface area contributed by atoms with Crippen molar-refractivity contribution in [1.29, 1.82) is 0 Å². The number of nitrogen functional groups attached to an aromatic ring is 1. The predicted octanol–water partition coefficient (Wildman–Crippen LogP) is 1.12. The van der Waals surface area contributed by atoms with E-state index in [1.165, 1.54) is 11.5 Å². The average Bonchev–Trinajstić information content (AvgIpc) is 2.55. The molecule has 0 saturated carbocycles. The quantitative estimate of drug-likeness (QED) is 0.667. The van der Waals surface area contributed by atoms with Gasteiger partial charge in [-0.25, -0.2) is 4.37 Å². The third kappa shape index (κ3) is 1.10. The first-order chi connectivity index (χ1) is 5.36. The van der Waals surface area contributed by atoms with Gasteiger partial charge in [-0.3, -0.25) is 5.10 Å². The Morgan fingerprint density at radius 3 is 3.00 bits per heavy atom. The number of anilines is 1. The van der Waals surface area contributed by atoms with Crippen molar-refractivity contribution in [3.05, 3.63) is 18.3 Å². The highest BCUT2D eigenvalue weighted by molar-refractivity contribution is 7.09. The Balaban J connectivity index is 2.45. The number of hydrogen-bond acceptors (Lipinski definition) is 4. The van der Waals surface area contributed by atoms with Gasteiger partial charge in [0.05, 0.1) is 10.6 Å². The summed E-state index contributed by atoms with van der Waals surface area (Å²) in [5, 5.41) is 6.61. The minimum absolute atomic E-state index is 0.508. The largest absolute Gasteiger partial charge is 0.382 e. The number of aromatic amines is 1. The Labute approximate surface area is 67.2 Å². The van der Waals surface area contributed by atoms with Crippen molar-refractivity contribution in [2.75, 3.05) is 5.73 Å². The van der Waals surface area contributed by atoms with Crippen molar-refractivity contribution in [1.82, 2.24) is 14.6 Å². The van der Waals surface area contributed by atoms with E-state index >= 15 is 0 Å². The summed E-state index contributed by atoms with van der Waals surface area (Å²) in [4.78, 5) is 1.05. The number of nitrogens with one attached hydrogen (secondary N) is 1. The Bertz CT molecular complexity index is 337. The van der Waals surface area contributed by atoms with Crippen LogP contribution in [-0.4, -0.2) is 14.6 Å². The van der Waals surface area contributed by atoms with Gasteiger partial charge in [0, 0.05) is 12.3 Å². The normalized spacial score (nSPS) is 10.2. The zero-order valence-corrected chi connectivity index (χ0v) is 6.43. The fourth-order valence-electron chi connectivity index (χ4n) is 0.818. The van der Waals surface area contributed by atoms with Gasteiger partial charge in [-0.05, 0) is 17.6 Å². The number of nitrogens with two attached hydrogens (primary N) is 1. The molecule has 56 valence electrons. The first-order valence-corrected chi connectivity index (χ1v) is 3.85. The summed E-state index contributed by atoms with van der Waals surface area (Å²) in [5.74, 6) is 0.508. The van der Waals surface area contributed by atoms with E-state index < -0.39 is 0 Å². The summed E-state index contributed by atoms with van der Waals surface area (Å²) >= 11 is 1.41. The Hall–Kier alpha value is -1.36. The van der Waals surface area contributed by atoms with Crippen molar-refractivity contribution in [3.63, 3.8) is 0 Å². The van der Waals surface area contributed by atoms with Gasteiger partial charge < -0.3 is 5.73 Å². The number of rotatable bonds is 1. The lowest BCUT2D eigenvalue weighted by molar-refractivity contribution is 1.11. The van der Waals surface area contributed by atoms with Crippen LogP contribution in [0.3, 0.4) is 0 Å². The van der Waals surface area contributed by atoms with Crippen LogP contribution in [0, 0.1) is 0 Å². The van der Waals surface area contributed by atoms with Crippen molar-refractivity contribution < 1.29 is 0 Å². The van der Waals surface area contributed by atoms with Crippen LogP contribution in [0.2, 0.25) is 0 Å². The number of H-pyrrole nitrogens is 1. The van der Waals surface area contributed by atoms with Crippen molar-refractivity contribution >= 4 is 17.4 Å². The molecule has 0 bridgehead atoms. The predicted molar refractivity (Wildman–Crippen MR) is 44.1 cm³/mol. The molecule has 11 heavy (non-hydrogen) atoms. The zero-order valence-electron chi connectivity index (χ0n) is 5.61. The van der Waals surface area contributed by atoms with Crippen molar-refractivity contribution in [2.24, 2.45) is 0 Å². The average molecular weight is 166 g/mol. The Morgan fingerprint density at radius 2 is 2.45 bits per heavy atom. The van der Waals surface area contributed by atoms with E-state index in [1.54, 1.807) is 12.3 Å². The van der Waals surface area contributed by atoms with Crippen molar-refractivity contribution in [3.8, 4) is 10.6 Å². The Kier molecular flexibility index (Phi) is 1.36. The van der Waals surface area contributed by atoms with Crippen molar-refractivity contribution in [2.45, 2.75) is 0 Å². The van der Waals surface area contributed by atoms with Crippen LogP contribution in [0.4, 0.5) is 5.82 Å². The smallest absolute Gasteiger partial charge is 0.145 e.